The Labute approximate surface area is 278 Å². The van der Waals surface area contributed by atoms with Gasteiger partial charge in [-0.15, -0.1) is 0 Å². The number of aromatic amines is 1. The number of carbonyl (C=O) groups is 2. The minimum atomic E-state index is -5.71. The van der Waals surface area contributed by atoms with E-state index < -0.39 is 101 Å². The topological polar surface area (TPSA) is 335 Å². The molecule has 1 aromatic rings. The van der Waals surface area contributed by atoms with E-state index >= 15 is 0 Å². The van der Waals surface area contributed by atoms with Crippen molar-refractivity contribution in [1.82, 2.24) is 20.2 Å². The van der Waals surface area contributed by atoms with E-state index in [9.17, 15) is 63.6 Å². The average Bonchev–Trinajstić information content (AvgIpc) is 3.29. The molecule has 0 radical (unpaired) electrons. The number of rotatable bonds is 18. The van der Waals surface area contributed by atoms with Crippen LogP contribution < -0.4 is 21.9 Å². The average molecular weight is 749 g/mol. The number of aliphatic hydroxyl groups excluding tert-OH is 5. The first-order chi connectivity index (χ1) is 23.0. The van der Waals surface area contributed by atoms with Crippen molar-refractivity contribution >= 4 is 27.5 Å². The summed E-state index contributed by atoms with van der Waals surface area (Å²) in [5.41, 5.74) is -1.77. The Morgan fingerprint density at radius 1 is 0.939 bits per heavy atom. The molecule has 2 aliphatic rings. The number of hydrogen-bond donors (Lipinski definition) is 10. The Morgan fingerprint density at radius 3 is 2.29 bits per heavy atom. The van der Waals surface area contributed by atoms with Crippen LogP contribution >= 0.6 is 15.6 Å². The summed E-state index contributed by atoms with van der Waals surface area (Å²) in [6.07, 6.45) is -10.9. The van der Waals surface area contributed by atoms with E-state index in [1.807, 2.05) is 11.9 Å². The third-order valence-corrected chi connectivity index (χ3v) is 10.00. The SMILES string of the molecule is CCCC(=O)NCCCCCC(=O)N[C@H]1[C@@H](OP(=O)(O)OP(=O)(O)OC[C@H]2O[C@@H](n3ccc(=O)[nH]c3=O)[C@H](O)[C@@H]2O)O[C@H](CO)[C@@H](O)[C@@H]1O. The lowest BCUT2D eigenvalue weighted by atomic mass is 9.97. The molecule has 2 fully saturated rings. The highest BCUT2D eigenvalue weighted by atomic mass is 31.3. The number of carbonyl (C=O) groups excluding carboxylic acids is 2. The standard InChI is InChI=1S/C25H42N4O18P2/c1-2-6-15(31)26-9-5-3-4-7-16(32)27-18-21(36)19(34)13(11-30)45-24(18)46-49(41,42)47-48(39,40)43-12-14-20(35)22(37)23(44-14)29-10-8-17(33)28-25(29)38/h8,10,13-14,18-24,30,34-37H,2-7,9,11-12H2,1H3,(H,26,31)(H,27,32)(H,39,40)(H,41,42)(H,28,33,38)/t13-,14-,18-,19-,20-,21-,22-,23-,24-/m1/s1. The Kier molecular flexibility index (Phi) is 15.2. The number of unbranched alkanes of at least 4 members (excludes halogenated alkanes) is 2. The van der Waals surface area contributed by atoms with Gasteiger partial charge in [0.05, 0.1) is 13.2 Å². The van der Waals surface area contributed by atoms with Crippen molar-refractivity contribution in [3.63, 3.8) is 0 Å². The van der Waals surface area contributed by atoms with Gasteiger partial charge in [-0.05, 0) is 19.3 Å². The molecule has 1 aromatic heterocycles. The fourth-order valence-corrected chi connectivity index (χ4v) is 7.08. The molecule has 0 spiro atoms. The molecular weight excluding hydrogens is 706 g/mol. The van der Waals surface area contributed by atoms with E-state index in [0.29, 0.717) is 38.6 Å². The van der Waals surface area contributed by atoms with E-state index in [1.165, 1.54) is 0 Å². The van der Waals surface area contributed by atoms with E-state index in [1.54, 1.807) is 0 Å². The highest BCUT2D eigenvalue weighted by molar-refractivity contribution is 7.61. The van der Waals surface area contributed by atoms with E-state index in [0.717, 1.165) is 16.8 Å². The van der Waals surface area contributed by atoms with Gasteiger partial charge in [-0.25, -0.2) is 13.9 Å². The molecule has 2 aliphatic heterocycles. The van der Waals surface area contributed by atoms with Crippen molar-refractivity contribution in [2.75, 3.05) is 19.8 Å². The van der Waals surface area contributed by atoms with Crippen molar-refractivity contribution in [2.24, 2.45) is 0 Å². The van der Waals surface area contributed by atoms with Crippen LogP contribution in [0.1, 0.15) is 51.7 Å². The first-order valence-corrected chi connectivity index (χ1v) is 18.2. The van der Waals surface area contributed by atoms with Crippen LogP contribution in [-0.2, 0) is 41.6 Å². The van der Waals surface area contributed by atoms with Crippen molar-refractivity contribution in [1.29, 1.82) is 0 Å². The van der Waals surface area contributed by atoms with Crippen LogP contribution in [0.2, 0.25) is 0 Å². The van der Waals surface area contributed by atoms with Crippen LogP contribution in [0.4, 0.5) is 0 Å². The smallest absolute Gasteiger partial charge is 0.394 e. The van der Waals surface area contributed by atoms with Crippen LogP contribution in [0.3, 0.4) is 0 Å². The Morgan fingerprint density at radius 2 is 1.63 bits per heavy atom. The van der Waals surface area contributed by atoms with Crippen LogP contribution in [0.5, 0.6) is 0 Å². The molecule has 2 saturated heterocycles. The molecule has 3 rings (SSSR count). The molecular formula is C25H42N4O18P2. The molecule has 0 bridgehead atoms. The van der Waals surface area contributed by atoms with Gasteiger partial charge in [-0.2, -0.15) is 4.31 Å². The van der Waals surface area contributed by atoms with Crippen molar-refractivity contribution in [3.05, 3.63) is 33.1 Å². The van der Waals surface area contributed by atoms with Crippen LogP contribution in [-0.4, -0.2) is 125 Å². The quantitative estimate of drug-likeness (QED) is 0.0522. The molecule has 0 aromatic carbocycles. The summed E-state index contributed by atoms with van der Waals surface area (Å²) in [5, 5.41) is 56.0. The summed E-state index contributed by atoms with van der Waals surface area (Å²) in [7, 11) is -11.3. The van der Waals surface area contributed by atoms with E-state index in [4.69, 9.17) is 14.0 Å². The van der Waals surface area contributed by atoms with E-state index in [-0.39, 0.29) is 12.3 Å². The fraction of sp³-hybridized carbons (Fsp3) is 0.760. The van der Waals surface area contributed by atoms with Gasteiger partial charge in [0.25, 0.3) is 5.56 Å². The number of H-pyrrole nitrogens is 1. The van der Waals surface area contributed by atoms with Crippen LogP contribution in [0.25, 0.3) is 0 Å². The summed E-state index contributed by atoms with van der Waals surface area (Å²) in [5.74, 6) is -0.806. The molecule has 3 heterocycles. The number of hydrogen-bond acceptors (Lipinski definition) is 16. The fourth-order valence-electron chi connectivity index (χ4n) is 4.91. The highest BCUT2D eigenvalue weighted by Gasteiger charge is 2.50. The van der Waals surface area contributed by atoms with Crippen LogP contribution in [0.15, 0.2) is 21.9 Å². The summed E-state index contributed by atoms with van der Waals surface area (Å²) >= 11 is 0. The number of nitrogens with one attached hydrogen (secondary N) is 3. The molecule has 22 nitrogen and oxygen atoms in total. The second-order valence-electron chi connectivity index (χ2n) is 11.2. The lowest BCUT2D eigenvalue weighted by Crippen LogP contribution is -2.64. The predicted molar refractivity (Wildman–Crippen MR) is 161 cm³/mol. The second-order valence-corrected chi connectivity index (χ2v) is 14.2. The molecule has 24 heteroatoms. The van der Waals surface area contributed by atoms with Crippen molar-refractivity contribution < 1.29 is 76.9 Å². The normalized spacial score (nSPS) is 31.1. The molecule has 2 unspecified atom stereocenters. The van der Waals surface area contributed by atoms with Gasteiger partial charge in [0.2, 0.25) is 11.8 Å². The predicted octanol–water partition coefficient (Wildman–Crippen LogP) is -3.19. The number of aromatic nitrogens is 2. The minimum Gasteiger partial charge on any atom is -0.394 e. The molecule has 0 aliphatic carbocycles. The van der Waals surface area contributed by atoms with Gasteiger partial charge in [-0.3, -0.25) is 33.0 Å². The van der Waals surface area contributed by atoms with Gasteiger partial charge < -0.3 is 55.4 Å². The zero-order chi connectivity index (χ0) is 36.5. The maximum Gasteiger partial charge on any atom is 0.483 e. The third kappa shape index (κ3) is 11.8. The Balaban J connectivity index is 1.58. The first kappa shape index (κ1) is 41.0. The molecule has 11 atom stereocenters. The van der Waals surface area contributed by atoms with Gasteiger partial charge in [-0.1, -0.05) is 13.3 Å². The third-order valence-electron chi connectivity index (χ3n) is 7.40. The maximum atomic E-state index is 12.8. The van der Waals surface area contributed by atoms with E-state index in [2.05, 4.69) is 19.5 Å². The zero-order valence-corrected chi connectivity index (χ0v) is 28.0. The summed E-state index contributed by atoms with van der Waals surface area (Å²) in [4.78, 5) is 69.8. The lowest BCUT2D eigenvalue weighted by Gasteiger charge is -2.42. The number of amides is 2. The monoisotopic (exact) mass is 748 g/mol. The molecule has 10 N–H and O–H groups in total. The van der Waals surface area contributed by atoms with Crippen LogP contribution in [0, 0.1) is 0 Å². The number of nitrogens with zero attached hydrogens (tertiary/aromatic N) is 1. The van der Waals surface area contributed by atoms with Crippen molar-refractivity contribution in [3.8, 4) is 0 Å². The van der Waals surface area contributed by atoms with Crippen molar-refractivity contribution in [2.45, 2.75) is 101 Å². The summed E-state index contributed by atoms with van der Waals surface area (Å²) in [6.45, 7) is 0.292. The largest absolute Gasteiger partial charge is 0.483 e. The Bertz CT molecular complexity index is 1480. The van der Waals surface area contributed by atoms with Gasteiger partial charge in [0.1, 0.15) is 42.7 Å². The summed E-state index contributed by atoms with van der Waals surface area (Å²) < 4.78 is 50.3. The number of phosphoric acid groups is 2. The molecule has 49 heavy (non-hydrogen) atoms. The first-order valence-electron chi connectivity index (χ1n) is 15.2. The van der Waals surface area contributed by atoms with Gasteiger partial charge >= 0.3 is 21.3 Å². The van der Waals surface area contributed by atoms with Gasteiger partial charge in [0, 0.05) is 31.6 Å². The number of phosphoric ester groups is 2. The second kappa shape index (κ2) is 18.2. The molecule has 2 amide bonds. The minimum absolute atomic E-state index is 0.0931. The lowest BCUT2D eigenvalue weighted by molar-refractivity contribution is -0.248. The summed E-state index contributed by atoms with van der Waals surface area (Å²) in [6, 6.07) is -0.824. The number of ether oxygens (including phenoxy) is 2. The molecule has 280 valence electrons. The number of aliphatic hydroxyl groups is 5. The zero-order valence-electron chi connectivity index (χ0n) is 26.2. The maximum absolute atomic E-state index is 12.8. The highest BCUT2D eigenvalue weighted by Crippen LogP contribution is 2.61. The Hall–Kier alpha value is -2.40. The van der Waals surface area contributed by atoms with Gasteiger partial charge in [0.15, 0.2) is 12.5 Å². The molecule has 0 saturated carbocycles.